The van der Waals surface area contributed by atoms with Gasteiger partial charge in [-0.1, -0.05) is 195 Å². The molecule has 0 aromatic carbocycles. The fourth-order valence-corrected chi connectivity index (χ4v) is 6.47. The van der Waals surface area contributed by atoms with E-state index in [9.17, 15) is 9.59 Å². The van der Waals surface area contributed by atoms with E-state index in [1.165, 1.54) is 166 Å². The molecule has 5 heteroatoms. The second kappa shape index (κ2) is 36.1. The number of rotatable bonds is 36. The van der Waals surface area contributed by atoms with Crippen molar-refractivity contribution in [3.63, 3.8) is 0 Å². The van der Waals surface area contributed by atoms with Crippen LogP contribution in [-0.4, -0.2) is 36.7 Å². The van der Waals surface area contributed by atoms with Gasteiger partial charge < -0.3 is 9.47 Å². The lowest BCUT2D eigenvalue weighted by Crippen LogP contribution is -2.13. The van der Waals surface area contributed by atoms with Crippen LogP contribution in [0.3, 0.4) is 0 Å². The van der Waals surface area contributed by atoms with Crippen LogP contribution in [0.1, 0.15) is 207 Å². The van der Waals surface area contributed by atoms with Gasteiger partial charge in [-0.2, -0.15) is 0 Å². The molecule has 0 spiro atoms. The van der Waals surface area contributed by atoms with Crippen molar-refractivity contribution in [3.8, 4) is 0 Å². The summed E-state index contributed by atoms with van der Waals surface area (Å²) in [4.78, 5) is 23.8. The minimum atomic E-state index is -0.218. The molecule has 0 fully saturated rings. The summed E-state index contributed by atoms with van der Waals surface area (Å²) in [5.74, 6) is 1.73. The number of carbonyl (C=O) groups is 2. The summed E-state index contributed by atoms with van der Waals surface area (Å²) in [5, 5.41) is 0. The van der Waals surface area contributed by atoms with E-state index in [4.69, 9.17) is 9.47 Å². The Labute approximate surface area is 286 Å². The standard InChI is InChI=1S/C40H78O4S/c1-37(2)31-27-23-19-15-11-7-5-9-13-17-21-25-29-33-43-39(41)35-45-36-40(42)44-34-30-26-22-18-14-10-6-8-12-16-20-24-28-32-38(3)4/h37-38H,5-36H2,1-4H3. The molecule has 0 aliphatic heterocycles. The highest BCUT2D eigenvalue weighted by Gasteiger charge is 2.08. The van der Waals surface area contributed by atoms with Crippen molar-refractivity contribution >= 4 is 23.7 Å². The van der Waals surface area contributed by atoms with Gasteiger partial charge in [0.25, 0.3) is 0 Å². The van der Waals surface area contributed by atoms with Crippen LogP contribution in [0.2, 0.25) is 0 Å². The van der Waals surface area contributed by atoms with Gasteiger partial charge in [0, 0.05) is 0 Å². The molecule has 0 saturated carbocycles. The first kappa shape index (κ1) is 44.3. The quantitative estimate of drug-likeness (QED) is 0.0497. The van der Waals surface area contributed by atoms with Crippen LogP contribution in [-0.2, 0) is 19.1 Å². The summed E-state index contributed by atoms with van der Waals surface area (Å²) in [5.41, 5.74) is 0. The molecule has 0 amide bonds. The normalized spacial score (nSPS) is 11.5. The molecule has 0 rings (SSSR count). The van der Waals surface area contributed by atoms with Crippen molar-refractivity contribution < 1.29 is 19.1 Å². The second-order valence-electron chi connectivity index (χ2n) is 14.5. The highest BCUT2D eigenvalue weighted by molar-refractivity contribution is 8.00. The Morgan fingerprint density at radius 2 is 0.600 bits per heavy atom. The van der Waals surface area contributed by atoms with Gasteiger partial charge >= 0.3 is 11.9 Å². The molecule has 0 N–H and O–H groups in total. The summed E-state index contributed by atoms with van der Waals surface area (Å²) in [6.07, 6.45) is 37.0. The summed E-state index contributed by atoms with van der Waals surface area (Å²) in [6, 6.07) is 0. The summed E-state index contributed by atoms with van der Waals surface area (Å²) in [7, 11) is 0. The van der Waals surface area contributed by atoms with E-state index < -0.39 is 0 Å². The van der Waals surface area contributed by atoms with E-state index in [0.717, 1.165) is 37.5 Å². The smallest absolute Gasteiger partial charge is 0.315 e. The third-order valence-corrected chi connectivity index (χ3v) is 9.70. The van der Waals surface area contributed by atoms with Crippen LogP contribution < -0.4 is 0 Å². The van der Waals surface area contributed by atoms with Gasteiger partial charge in [-0.3, -0.25) is 9.59 Å². The first-order chi connectivity index (χ1) is 21.9. The van der Waals surface area contributed by atoms with Gasteiger partial charge in [-0.25, -0.2) is 0 Å². The van der Waals surface area contributed by atoms with Crippen LogP contribution in [0.4, 0.5) is 0 Å². The number of hydrogen-bond acceptors (Lipinski definition) is 5. The topological polar surface area (TPSA) is 52.6 Å². The Hall–Kier alpha value is -0.710. The Morgan fingerprint density at radius 1 is 0.378 bits per heavy atom. The highest BCUT2D eigenvalue weighted by Crippen LogP contribution is 2.16. The zero-order valence-electron chi connectivity index (χ0n) is 30.8. The third-order valence-electron chi connectivity index (χ3n) is 8.82. The number of esters is 2. The van der Waals surface area contributed by atoms with Crippen molar-refractivity contribution in [1.82, 2.24) is 0 Å². The molecular formula is C40H78O4S. The first-order valence-corrected chi connectivity index (χ1v) is 21.0. The van der Waals surface area contributed by atoms with E-state index in [1.807, 2.05) is 0 Å². The maximum atomic E-state index is 11.9. The van der Waals surface area contributed by atoms with E-state index in [1.54, 1.807) is 0 Å². The number of hydrogen-bond donors (Lipinski definition) is 0. The molecule has 0 saturated heterocycles. The van der Waals surface area contributed by atoms with Crippen LogP contribution in [0, 0.1) is 11.8 Å². The van der Waals surface area contributed by atoms with E-state index in [0.29, 0.717) is 13.2 Å². The van der Waals surface area contributed by atoms with Gasteiger partial charge in [-0.05, 0) is 24.7 Å². The lowest BCUT2D eigenvalue weighted by molar-refractivity contribution is -0.140. The monoisotopic (exact) mass is 655 g/mol. The van der Waals surface area contributed by atoms with E-state index in [-0.39, 0.29) is 23.4 Å². The number of unbranched alkanes of at least 4 members (excludes halogenated alkanes) is 24. The van der Waals surface area contributed by atoms with Crippen LogP contribution >= 0.6 is 11.8 Å². The minimum absolute atomic E-state index is 0.218. The average molecular weight is 655 g/mol. The fourth-order valence-electron chi connectivity index (χ4n) is 5.87. The van der Waals surface area contributed by atoms with Crippen molar-refractivity contribution in [2.45, 2.75) is 207 Å². The van der Waals surface area contributed by atoms with Crippen molar-refractivity contribution in [2.75, 3.05) is 24.7 Å². The Morgan fingerprint density at radius 3 is 0.844 bits per heavy atom. The summed E-state index contributed by atoms with van der Waals surface area (Å²) >= 11 is 1.30. The molecular weight excluding hydrogens is 577 g/mol. The predicted molar refractivity (Wildman–Crippen MR) is 198 cm³/mol. The maximum absolute atomic E-state index is 11.9. The van der Waals surface area contributed by atoms with Crippen LogP contribution in [0.15, 0.2) is 0 Å². The maximum Gasteiger partial charge on any atom is 0.315 e. The molecule has 4 nitrogen and oxygen atoms in total. The van der Waals surface area contributed by atoms with Gasteiger partial charge in [0.2, 0.25) is 0 Å². The molecule has 0 radical (unpaired) electrons. The number of thioether (sulfide) groups is 1. The molecule has 0 atom stereocenters. The molecule has 0 aliphatic rings. The van der Waals surface area contributed by atoms with E-state index >= 15 is 0 Å². The molecule has 0 aromatic rings. The Kier molecular flexibility index (Phi) is 35.6. The predicted octanol–water partition coefficient (Wildman–Crippen LogP) is 13.0. The number of carbonyl (C=O) groups excluding carboxylic acids is 2. The van der Waals surface area contributed by atoms with Crippen molar-refractivity contribution in [1.29, 1.82) is 0 Å². The molecule has 0 unspecified atom stereocenters. The zero-order valence-corrected chi connectivity index (χ0v) is 31.6. The van der Waals surface area contributed by atoms with Crippen molar-refractivity contribution in [2.24, 2.45) is 11.8 Å². The fraction of sp³-hybridized carbons (Fsp3) is 0.950. The molecule has 45 heavy (non-hydrogen) atoms. The zero-order chi connectivity index (χ0) is 33.1. The molecule has 0 bridgehead atoms. The SMILES string of the molecule is CC(C)CCCCCCCCCCCCCCCOC(=O)CSCC(=O)OCCCCCCCCCCCCCCCC(C)C. The van der Waals surface area contributed by atoms with Gasteiger partial charge in [-0.15, -0.1) is 11.8 Å². The average Bonchev–Trinajstić information content (AvgIpc) is 3.00. The Balaban J connectivity index is 3.27. The lowest BCUT2D eigenvalue weighted by Gasteiger charge is -2.06. The summed E-state index contributed by atoms with van der Waals surface area (Å²) in [6.45, 7) is 10.3. The molecule has 0 heterocycles. The largest absolute Gasteiger partial charge is 0.465 e. The number of ether oxygens (including phenoxy) is 2. The molecule has 0 aliphatic carbocycles. The minimum Gasteiger partial charge on any atom is -0.465 e. The van der Waals surface area contributed by atoms with Gasteiger partial charge in [0.05, 0.1) is 24.7 Å². The molecule has 0 aromatic heterocycles. The van der Waals surface area contributed by atoms with Crippen LogP contribution in [0.25, 0.3) is 0 Å². The van der Waals surface area contributed by atoms with Crippen LogP contribution in [0.5, 0.6) is 0 Å². The Bertz CT molecular complexity index is 569. The van der Waals surface area contributed by atoms with Crippen molar-refractivity contribution in [3.05, 3.63) is 0 Å². The molecule has 268 valence electrons. The lowest BCUT2D eigenvalue weighted by atomic mass is 10.0. The van der Waals surface area contributed by atoms with E-state index in [2.05, 4.69) is 27.7 Å². The third kappa shape index (κ3) is 39.4. The highest BCUT2D eigenvalue weighted by atomic mass is 32.2. The van der Waals surface area contributed by atoms with Gasteiger partial charge in [0.1, 0.15) is 0 Å². The second-order valence-corrected chi connectivity index (χ2v) is 15.5. The summed E-state index contributed by atoms with van der Waals surface area (Å²) < 4.78 is 10.7. The van der Waals surface area contributed by atoms with Gasteiger partial charge in [0.15, 0.2) is 0 Å². The first-order valence-electron chi connectivity index (χ1n) is 19.8.